The standard InChI is InChI=1S/C19H20FN3O/c20-17-12-15(13-21)6-7-18(17)23-10-8-22(9-11-23)14-19(24)16-4-2-1-3-5-16/h1-7,12,19,24H,8-11,14H2. The van der Waals surface area contributed by atoms with Crippen LogP contribution in [-0.4, -0.2) is 42.7 Å². The Labute approximate surface area is 141 Å². The van der Waals surface area contributed by atoms with E-state index >= 15 is 0 Å². The molecule has 0 amide bonds. The van der Waals surface area contributed by atoms with Crippen molar-refractivity contribution < 1.29 is 9.50 Å². The Bertz CT molecular complexity index is 721. The minimum atomic E-state index is -0.510. The molecule has 0 aromatic heterocycles. The Morgan fingerprint density at radius 3 is 2.42 bits per heavy atom. The normalized spacial score (nSPS) is 16.6. The highest BCUT2D eigenvalue weighted by molar-refractivity contribution is 5.51. The molecule has 0 bridgehead atoms. The van der Waals surface area contributed by atoms with E-state index in [0.29, 0.717) is 30.9 Å². The molecule has 1 unspecified atom stereocenters. The van der Waals surface area contributed by atoms with Gasteiger partial charge < -0.3 is 10.0 Å². The van der Waals surface area contributed by atoms with Gasteiger partial charge in [0.1, 0.15) is 5.82 Å². The van der Waals surface area contributed by atoms with Gasteiger partial charge in [-0.1, -0.05) is 30.3 Å². The molecule has 1 heterocycles. The number of hydrogen-bond acceptors (Lipinski definition) is 4. The van der Waals surface area contributed by atoms with Crippen LogP contribution in [0.25, 0.3) is 0 Å². The van der Waals surface area contributed by atoms with Crippen molar-refractivity contribution in [3.63, 3.8) is 0 Å². The lowest BCUT2D eigenvalue weighted by molar-refractivity contribution is 0.109. The molecule has 0 radical (unpaired) electrons. The topological polar surface area (TPSA) is 50.5 Å². The minimum Gasteiger partial charge on any atom is -0.387 e. The summed E-state index contributed by atoms with van der Waals surface area (Å²) in [6, 6.07) is 16.2. The van der Waals surface area contributed by atoms with Crippen LogP contribution < -0.4 is 4.90 Å². The molecule has 1 aliphatic rings. The zero-order valence-corrected chi connectivity index (χ0v) is 13.4. The van der Waals surface area contributed by atoms with Crippen molar-refractivity contribution in [2.24, 2.45) is 0 Å². The first-order valence-electron chi connectivity index (χ1n) is 8.07. The number of halogens is 1. The van der Waals surface area contributed by atoms with Crippen molar-refractivity contribution in [1.29, 1.82) is 5.26 Å². The molecule has 4 nitrogen and oxygen atoms in total. The SMILES string of the molecule is N#Cc1ccc(N2CCN(CC(O)c3ccccc3)CC2)c(F)c1. The van der Waals surface area contributed by atoms with Crippen molar-refractivity contribution in [1.82, 2.24) is 4.90 Å². The number of anilines is 1. The number of benzene rings is 2. The van der Waals surface area contributed by atoms with Crippen LogP contribution in [0.3, 0.4) is 0 Å². The van der Waals surface area contributed by atoms with E-state index in [1.807, 2.05) is 41.3 Å². The summed E-state index contributed by atoms with van der Waals surface area (Å²) in [6.07, 6.45) is -0.510. The number of aliphatic hydroxyl groups is 1. The van der Waals surface area contributed by atoms with E-state index in [-0.39, 0.29) is 5.82 Å². The minimum absolute atomic E-state index is 0.334. The Kier molecular flexibility index (Phi) is 5.09. The zero-order valence-electron chi connectivity index (χ0n) is 13.4. The van der Waals surface area contributed by atoms with Gasteiger partial charge in [0.05, 0.1) is 23.4 Å². The van der Waals surface area contributed by atoms with Gasteiger partial charge in [0.2, 0.25) is 0 Å². The summed E-state index contributed by atoms with van der Waals surface area (Å²) in [5.74, 6) is -0.355. The maximum absolute atomic E-state index is 14.1. The fourth-order valence-corrected chi connectivity index (χ4v) is 3.03. The molecule has 0 saturated carbocycles. The second-order valence-corrected chi connectivity index (χ2v) is 5.99. The van der Waals surface area contributed by atoms with Gasteiger partial charge in [-0.2, -0.15) is 5.26 Å². The van der Waals surface area contributed by atoms with Crippen LogP contribution >= 0.6 is 0 Å². The smallest absolute Gasteiger partial charge is 0.147 e. The van der Waals surface area contributed by atoms with Crippen LogP contribution in [0.4, 0.5) is 10.1 Å². The first-order valence-corrected chi connectivity index (χ1v) is 8.07. The summed E-state index contributed by atoms with van der Waals surface area (Å²) in [5, 5.41) is 19.1. The molecule has 1 aliphatic heterocycles. The van der Waals surface area contributed by atoms with E-state index in [1.54, 1.807) is 12.1 Å². The number of nitriles is 1. The first-order chi connectivity index (χ1) is 11.7. The Morgan fingerprint density at radius 1 is 1.08 bits per heavy atom. The van der Waals surface area contributed by atoms with Gasteiger partial charge in [-0.3, -0.25) is 4.90 Å². The Morgan fingerprint density at radius 2 is 1.79 bits per heavy atom. The molecule has 24 heavy (non-hydrogen) atoms. The fourth-order valence-electron chi connectivity index (χ4n) is 3.03. The van der Waals surface area contributed by atoms with Crippen LogP contribution in [0.5, 0.6) is 0 Å². The van der Waals surface area contributed by atoms with E-state index in [0.717, 1.165) is 18.7 Å². The van der Waals surface area contributed by atoms with Gasteiger partial charge >= 0.3 is 0 Å². The summed E-state index contributed by atoms with van der Waals surface area (Å²) in [4.78, 5) is 4.18. The quantitative estimate of drug-likeness (QED) is 0.939. The second kappa shape index (κ2) is 7.43. The molecular formula is C19H20FN3O. The molecule has 0 aliphatic carbocycles. The molecule has 1 N–H and O–H groups in total. The lowest BCUT2D eigenvalue weighted by Crippen LogP contribution is -2.47. The molecule has 0 spiro atoms. The third-order valence-corrected chi connectivity index (χ3v) is 4.41. The van der Waals surface area contributed by atoms with Gasteiger partial charge in [-0.05, 0) is 23.8 Å². The van der Waals surface area contributed by atoms with Crippen LogP contribution in [-0.2, 0) is 0 Å². The summed E-state index contributed by atoms with van der Waals surface area (Å²) in [7, 11) is 0. The van der Waals surface area contributed by atoms with Crippen LogP contribution in [0, 0.1) is 17.1 Å². The largest absolute Gasteiger partial charge is 0.387 e. The molecule has 2 aromatic rings. The van der Waals surface area contributed by atoms with Gasteiger partial charge in [-0.25, -0.2) is 4.39 Å². The maximum Gasteiger partial charge on any atom is 0.147 e. The first kappa shape index (κ1) is 16.4. The molecule has 2 aromatic carbocycles. The van der Waals surface area contributed by atoms with Gasteiger partial charge in [0.15, 0.2) is 0 Å². The maximum atomic E-state index is 14.1. The predicted molar refractivity (Wildman–Crippen MR) is 91.2 cm³/mol. The number of hydrogen-bond donors (Lipinski definition) is 1. The van der Waals surface area contributed by atoms with Crippen molar-refractivity contribution in [3.8, 4) is 6.07 Å². The van der Waals surface area contributed by atoms with Crippen molar-refractivity contribution >= 4 is 5.69 Å². The van der Waals surface area contributed by atoms with Crippen LogP contribution in [0.2, 0.25) is 0 Å². The molecule has 1 atom stereocenters. The van der Waals surface area contributed by atoms with Gasteiger partial charge in [0.25, 0.3) is 0 Å². The number of β-amino-alcohol motifs (C(OH)–C–C–N with tert-alkyl or cyclic N) is 1. The van der Waals surface area contributed by atoms with E-state index in [4.69, 9.17) is 5.26 Å². The summed E-state index contributed by atoms with van der Waals surface area (Å²) in [6.45, 7) is 3.51. The molecule has 1 fully saturated rings. The van der Waals surface area contributed by atoms with Crippen LogP contribution in [0.1, 0.15) is 17.2 Å². The molecule has 5 heteroatoms. The highest BCUT2D eigenvalue weighted by Crippen LogP contribution is 2.22. The van der Waals surface area contributed by atoms with Crippen molar-refractivity contribution in [3.05, 3.63) is 65.5 Å². The Hall–Kier alpha value is -2.42. The monoisotopic (exact) mass is 325 g/mol. The number of nitrogens with zero attached hydrogens (tertiary/aromatic N) is 3. The lowest BCUT2D eigenvalue weighted by Gasteiger charge is -2.37. The highest BCUT2D eigenvalue weighted by Gasteiger charge is 2.21. The average Bonchev–Trinajstić information content (AvgIpc) is 2.63. The third kappa shape index (κ3) is 3.73. The number of aliphatic hydroxyl groups excluding tert-OH is 1. The highest BCUT2D eigenvalue weighted by atomic mass is 19.1. The molecular weight excluding hydrogens is 305 g/mol. The predicted octanol–water partition coefficient (Wildman–Crippen LogP) is 2.55. The van der Waals surface area contributed by atoms with Gasteiger partial charge in [-0.15, -0.1) is 0 Å². The van der Waals surface area contributed by atoms with E-state index < -0.39 is 6.10 Å². The number of piperazine rings is 1. The molecule has 1 saturated heterocycles. The van der Waals surface area contributed by atoms with Crippen molar-refractivity contribution in [2.75, 3.05) is 37.6 Å². The fraction of sp³-hybridized carbons (Fsp3) is 0.316. The zero-order chi connectivity index (χ0) is 16.9. The van der Waals surface area contributed by atoms with Crippen molar-refractivity contribution in [2.45, 2.75) is 6.10 Å². The number of rotatable bonds is 4. The average molecular weight is 325 g/mol. The van der Waals surface area contributed by atoms with E-state index in [2.05, 4.69) is 4.90 Å². The summed E-state index contributed by atoms with van der Waals surface area (Å²) < 4.78 is 14.1. The van der Waals surface area contributed by atoms with Gasteiger partial charge in [0, 0.05) is 32.7 Å². The molecule has 3 rings (SSSR count). The van der Waals surface area contributed by atoms with E-state index in [9.17, 15) is 9.50 Å². The second-order valence-electron chi connectivity index (χ2n) is 5.99. The Balaban J connectivity index is 1.57. The summed E-state index contributed by atoms with van der Waals surface area (Å²) in [5.41, 5.74) is 1.79. The van der Waals surface area contributed by atoms with E-state index in [1.165, 1.54) is 6.07 Å². The third-order valence-electron chi connectivity index (χ3n) is 4.41. The lowest BCUT2D eigenvalue weighted by atomic mass is 10.1. The summed E-state index contributed by atoms with van der Waals surface area (Å²) >= 11 is 0. The molecule has 124 valence electrons. The van der Waals surface area contributed by atoms with Crippen LogP contribution in [0.15, 0.2) is 48.5 Å².